The molecule has 0 saturated carbocycles. The van der Waals surface area contributed by atoms with Crippen molar-refractivity contribution in [1.29, 1.82) is 0 Å². The van der Waals surface area contributed by atoms with Gasteiger partial charge in [-0.15, -0.1) is 0 Å². The fraction of sp³-hybridized carbons (Fsp3) is 0.308. The van der Waals surface area contributed by atoms with Crippen LogP contribution >= 0.6 is 0 Å². The number of hydrogen-bond donors (Lipinski definition) is 2. The van der Waals surface area contributed by atoms with Gasteiger partial charge in [-0.25, -0.2) is 0 Å². The molecule has 1 aliphatic carbocycles. The predicted octanol–water partition coefficient (Wildman–Crippen LogP) is 2.11. The zero-order chi connectivity index (χ0) is 11.4. The molecule has 0 radical (unpaired) electrons. The number of nitrogens with two attached hydrogens (primary N) is 1. The van der Waals surface area contributed by atoms with Gasteiger partial charge < -0.3 is 11.1 Å². The van der Waals surface area contributed by atoms with Crippen LogP contribution in [0.15, 0.2) is 36.4 Å². The summed E-state index contributed by atoms with van der Waals surface area (Å²) in [6.07, 6.45) is 7.29. The maximum atomic E-state index is 11.8. The fourth-order valence-electron chi connectivity index (χ4n) is 1.83. The number of carbonyl (C=O) groups excluding carboxylic acids is 1. The Kier molecular flexibility index (Phi) is 3.25. The first kappa shape index (κ1) is 10.7. The molecule has 1 unspecified atom stereocenters. The Labute approximate surface area is 95.3 Å². The lowest BCUT2D eigenvalue weighted by Gasteiger charge is -2.19. The summed E-state index contributed by atoms with van der Waals surface area (Å²) >= 11 is 0. The van der Waals surface area contributed by atoms with E-state index in [1.54, 1.807) is 24.3 Å². The van der Waals surface area contributed by atoms with E-state index in [9.17, 15) is 4.79 Å². The Hall–Kier alpha value is -1.77. The second-order valence-corrected chi connectivity index (χ2v) is 4.08. The molecule has 16 heavy (non-hydrogen) atoms. The van der Waals surface area contributed by atoms with Crippen LogP contribution in [-0.4, -0.2) is 11.9 Å². The number of rotatable bonds is 2. The first-order chi connectivity index (χ1) is 7.75. The summed E-state index contributed by atoms with van der Waals surface area (Å²) in [5.74, 6) is -0.0136. The van der Waals surface area contributed by atoms with Crippen LogP contribution in [0.5, 0.6) is 0 Å². The number of benzene rings is 1. The molecule has 0 saturated heterocycles. The first-order valence-corrected chi connectivity index (χ1v) is 5.57. The van der Waals surface area contributed by atoms with Crippen LogP contribution in [0.1, 0.15) is 29.6 Å². The smallest absolute Gasteiger partial charge is 0.251 e. The largest absolute Gasteiger partial charge is 0.399 e. The molecule has 1 aromatic carbocycles. The van der Waals surface area contributed by atoms with E-state index < -0.39 is 0 Å². The van der Waals surface area contributed by atoms with E-state index >= 15 is 0 Å². The second-order valence-electron chi connectivity index (χ2n) is 4.08. The van der Waals surface area contributed by atoms with E-state index in [4.69, 9.17) is 5.73 Å². The normalized spacial score (nSPS) is 19.4. The minimum atomic E-state index is -0.0136. The molecule has 1 aliphatic rings. The fourth-order valence-corrected chi connectivity index (χ4v) is 1.83. The molecule has 3 N–H and O–H groups in total. The lowest BCUT2D eigenvalue weighted by molar-refractivity contribution is 0.0935. The Bertz CT molecular complexity index is 395. The average molecular weight is 216 g/mol. The topological polar surface area (TPSA) is 55.1 Å². The van der Waals surface area contributed by atoms with E-state index in [1.807, 2.05) is 0 Å². The van der Waals surface area contributed by atoms with Crippen LogP contribution in [0.25, 0.3) is 0 Å². The quantitative estimate of drug-likeness (QED) is 0.587. The minimum Gasteiger partial charge on any atom is -0.399 e. The highest BCUT2D eigenvalue weighted by molar-refractivity contribution is 5.94. The molecule has 0 spiro atoms. The molecule has 1 atom stereocenters. The van der Waals surface area contributed by atoms with Gasteiger partial charge in [-0.1, -0.05) is 12.2 Å². The molecule has 0 aliphatic heterocycles. The molecule has 0 aromatic heterocycles. The molecule has 3 heteroatoms. The van der Waals surface area contributed by atoms with Crippen molar-refractivity contribution >= 4 is 11.6 Å². The van der Waals surface area contributed by atoms with Crippen molar-refractivity contribution in [3.05, 3.63) is 42.0 Å². The Morgan fingerprint density at radius 1 is 1.25 bits per heavy atom. The van der Waals surface area contributed by atoms with Crippen molar-refractivity contribution in [3.8, 4) is 0 Å². The lowest BCUT2D eigenvalue weighted by atomic mass is 10.0. The van der Waals surface area contributed by atoms with E-state index in [0.717, 1.165) is 19.3 Å². The molecular formula is C13H16N2O. The molecule has 0 bridgehead atoms. The molecule has 3 nitrogen and oxygen atoms in total. The maximum Gasteiger partial charge on any atom is 0.251 e. The van der Waals surface area contributed by atoms with Crippen LogP contribution < -0.4 is 11.1 Å². The highest BCUT2D eigenvalue weighted by Gasteiger charge is 2.13. The summed E-state index contributed by atoms with van der Waals surface area (Å²) in [6.45, 7) is 0. The van der Waals surface area contributed by atoms with Gasteiger partial charge in [0.15, 0.2) is 0 Å². The number of allylic oxidation sites excluding steroid dienone is 1. The van der Waals surface area contributed by atoms with Crippen molar-refractivity contribution in [3.63, 3.8) is 0 Å². The number of nitrogens with one attached hydrogen (secondary N) is 1. The van der Waals surface area contributed by atoms with Gasteiger partial charge in [0.05, 0.1) is 0 Å². The van der Waals surface area contributed by atoms with Gasteiger partial charge in [0.25, 0.3) is 5.91 Å². The van der Waals surface area contributed by atoms with Gasteiger partial charge in [0.1, 0.15) is 0 Å². The molecule has 1 aromatic rings. The van der Waals surface area contributed by atoms with E-state index in [2.05, 4.69) is 17.5 Å². The Morgan fingerprint density at radius 3 is 2.62 bits per heavy atom. The third-order valence-electron chi connectivity index (χ3n) is 2.78. The third-order valence-corrected chi connectivity index (χ3v) is 2.78. The van der Waals surface area contributed by atoms with Crippen molar-refractivity contribution in [2.45, 2.75) is 25.3 Å². The standard InChI is InChI=1S/C13H16N2O/c14-11-8-6-10(7-9-11)13(16)15-12-4-2-1-3-5-12/h1-2,6-9,12H,3-5,14H2,(H,15,16). The van der Waals surface area contributed by atoms with Gasteiger partial charge in [-0.05, 0) is 43.5 Å². The van der Waals surface area contributed by atoms with Crippen LogP contribution in [0.2, 0.25) is 0 Å². The molecule has 0 heterocycles. The molecule has 1 amide bonds. The van der Waals surface area contributed by atoms with Crippen molar-refractivity contribution in [1.82, 2.24) is 5.32 Å². The van der Waals surface area contributed by atoms with Crippen molar-refractivity contribution in [2.24, 2.45) is 0 Å². The zero-order valence-electron chi connectivity index (χ0n) is 9.15. The van der Waals surface area contributed by atoms with Gasteiger partial charge in [0, 0.05) is 17.3 Å². The highest BCUT2D eigenvalue weighted by atomic mass is 16.1. The Morgan fingerprint density at radius 2 is 2.00 bits per heavy atom. The van der Waals surface area contributed by atoms with Gasteiger partial charge in [0.2, 0.25) is 0 Å². The number of hydrogen-bond acceptors (Lipinski definition) is 2. The summed E-state index contributed by atoms with van der Waals surface area (Å²) in [5.41, 5.74) is 6.92. The lowest BCUT2D eigenvalue weighted by Crippen LogP contribution is -2.35. The summed E-state index contributed by atoms with van der Waals surface area (Å²) < 4.78 is 0. The second kappa shape index (κ2) is 4.84. The maximum absolute atomic E-state index is 11.8. The van der Waals surface area contributed by atoms with Crippen LogP contribution in [0.4, 0.5) is 5.69 Å². The van der Waals surface area contributed by atoms with Crippen molar-refractivity contribution in [2.75, 3.05) is 5.73 Å². The number of nitrogen functional groups attached to an aromatic ring is 1. The van der Waals surface area contributed by atoms with Crippen LogP contribution in [0, 0.1) is 0 Å². The molecule has 0 fully saturated rings. The summed E-state index contributed by atoms with van der Waals surface area (Å²) in [4.78, 5) is 11.8. The monoisotopic (exact) mass is 216 g/mol. The predicted molar refractivity (Wildman–Crippen MR) is 65.1 cm³/mol. The average Bonchev–Trinajstić information content (AvgIpc) is 2.31. The third kappa shape index (κ3) is 2.63. The SMILES string of the molecule is Nc1ccc(C(=O)NC2CC=CCC2)cc1. The number of anilines is 1. The number of carbonyl (C=O) groups is 1. The molecular weight excluding hydrogens is 200 g/mol. The Balaban J connectivity index is 1.97. The summed E-state index contributed by atoms with van der Waals surface area (Å²) in [5, 5.41) is 3.02. The zero-order valence-corrected chi connectivity index (χ0v) is 9.15. The van der Waals surface area contributed by atoms with Crippen LogP contribution in [-0.2, 0) is 0 Å². The van der Waals surface area contributed by atoms with E-state index in [-0.39, 0.29) is 11.9 Å². The first-order valence-electron chi connectivity index (χ1n) is 5.57. The van der Waals surface area contributed by atoms with Crippen molar-refractivity contribution < 1.29 is 4.79 Å². The van der Waals surface area contributed by atoms with Gasteiger partial charge >= 0.3 is 0 Å². The summed E-state index contributed by atoms with van der Waals surface area (Å²) in [7, 11) is 0. The highest BCUT2D eigenvalue weighted by Crippen LogP contribution is 2.12. The molecule has 84 valence electrons. The number of amides is 1. The van der Waals surface area contributed by atoms with E-state index in [1.165, 1.54) is 0 Å². The van der Waals surface area contributed by atoms with Gasteiger partial charge in [-0.3, -0.25) is 4.79 Å². The van der Waals surface area contributed by atoms with E-state index in [0.29, 0.717) is 11.3 Å². The van der Waals surface area contributed by atoms with Crippen LogP contribution in [0.3, 0.4) is 0 Å². The van der Waals surface area contributed by atoms with Gasteiger partial charge in [-0.2, -0.15) is 0 Å². The minimum absolute atomic E-state index is 0.0136. The molecule has 2 rings (SSSR count). The summed E-state index contributed by atoms with van der Waals surface area (Å²) in [6, 6.07) is 7.27.